The van der Waals surface area contributed by atoms with Gasteiger partial charge in [-0.1, -0.05) is 6.07 Å². The predicted molar refractivity (Wildman–Crippen MR) is 116 cm³/mol. The number of amides is 1. The van der Waals surface area contributed by atoms with E-state index in [0.29, 0.717) is 22.0 Å². The van der Waals surface area contributed by atoms with Gasteiger partial charge in [-0.3, -0.25) is 4.79 Å². The van der Waals surface area contributed by atoms with Crippen molar-refractivity contribution < 1.29 is 13.2 Å². The van der Waals surface area contributed by atoms with Crippen LogP contribution in [0, 0.1) is 12.8 Å². The van der Waals surface area contributed by atoms with Crippen LogP contribution in [0.5, 0.6) is 0 Å². The number of anilines is 1. The molecule has 1 amide bonds. The Hall–Kier alpha value is -1.45. The summed E-state index contributed by atoms with van der Waals surface area (Å²) in [5.74, 6) is 0.146. The number of nitrogens with one attached hydrogen (secondary N) is 3. The molecular weight excluding hydrogens is 418 g/mol. The smallest absolute Gasteiger partial charge is 0.265 e. The molecule has 2 heterocycles. The van der Waals surface area contributed by atoms with E-state index in [1.54, 1.807) is 25.1 Å². The summed E-state index contributed by atoms with van der Waals surface area (Å²) >= 11 is 1.36. The van der Waals surface area contributed by atoms with Gasteiger partial charge in [0.15, 0.2) is 0 Å². The number of rotatable bonds is 6. The highest BCUT2D eigenvalue weighted by Gasteiger charge is 2.25. The molecule has 0 unspecified atom stereocenters. The number of thiophene rings is 1. The fraction of sp³-hybridized carbons (Fsp3) is 0.421. The zero-order valence-corrected chi connectivity index (χ0v) is 18.3. The first-order valence-corrected chi connectivity index (χ1v) is 11.4. The molecule has 1 aliphatic heterocycles. The molecule has 1 aromatic carbocycles. The van der Waals surface area contributed by atoms with E-state index in [0.717, 1.165) is 25.9 Å². The molecule has 9 heteroatoms. The lowest BCUT2D eigenvalue weighted by molar-refractivity contribution is 0.103. The van der Waals surface area contributed by atoms with Crippen molar-refractivity contribution in [3.05, 3.63) is 46.2 Å². The van der Waals surface area contributed by atoms with E-state index in [9.17, 15) is 13.2 Å². The molecule has 0 bridgehead atoms. The summed E-state index contributed by atoms with van der Waals surface area (Å²) in [6, 6.07) is 8.23. The van der Waals surface area contributed by atoms with Crippen molar-refractivity contribution in [2.45, 2.75) is 37.6 Å². The largest absolute Gasteiger partial charge is 0.321 e. The van der Waals surface area contributed by atoms with Crippen LogP contribution in [-0.2, 0) is 10.0 Å². The summed E-state index contributed by atoms with van der Waals surface area (Å²) in [6.07, 6.45) is 1.94. The third-order valence-electron chi connectivity index (χ3n) is 4.93. The van der Waals surface area contributed by atoms with E-state index in [1.165, 1.54) is 17.4 Å². The highest BCUT2D eigenvalue weighted by Crippen LogP contribution is 2.23. The van der Waals surface area contributed by atoms with Crippen LogP contribution in [0.4, 0.5) is 5.69 Å². The van der Waals surface area contributed by atoms with Crippen LogP contribution in [0.2, 0.25) is 0 Å². The molecule has 0 spiro atoms. The molecule has 3 rings (SSSR count). The zero-order chi connectivity index (χ0) is 19.4. The SMILES string of the molecule is Cc1cc(S(=O)(=O)N[C@H](C)C2CCNCC2)ccc1NC(=O)c1cccs1.Cl. The molecular formula is C19H26ClN3O3S2. The minimum Gasteiger partial charge on any atom is -0.321 e. The Balaban J connectivity index is 0.00000280. The number of hydrogen-bond donors (Lipinski definition) is 3. The summed E-state index contributed by atoms with van der Waals surface area (Å²) in [4.78, 5) is 13.0. The summed E-state index contributed by atoms with van der Waals surface area (Å²) in [7, 11) is -3.60. The molecule has 0 saturated carbocycles. The quantitative estimate of drug-likeness (QED) is 0.638. The first kappa shape index (κ1) is 22.8. The van der Waals surface area contributed by atoms with Gasteiger partial charge in [0.1, 0.15) is 0 Å². The van der Waals surface area contributed by atoms with E-state index in [2.05, 4.69) is 15.4 Å². The maximum absolute atomic E-state index is 12.7. The third kappa shape index (κ3) is 5.55. The van der Waals surface area contributed by atoms with Crippen molar-refractivity contribution in [2.24, 2.45) is 5.92 Å². The number of hydrogen-bond acceptors (Lipinski definition) is 5. The maximum atomic E-state index is 12.7. The summed E-state index contributed by atoms with van der Waals surface area (Å²) in [6.45, 7) is 5.57. The van der Waals surface area contributed by atoms with Crippen LogP contribution in [0.15, 0.2) is 40.6 Å². The highest BCUT2D eigenvalue weighted by molar-refractivity contribution is 7.89. The minimum atomic E-state index is -3.60. The Morgan fingerprint density at radius 3 is 2.57 bits per heavy atom. The second kappa shape index (κ2) is 9.84. The Bertz CT molecular complexity index is 895. The van der Waals surface area contributed by atoms with Crippen molar-refractivity contribution in [3.63, 3.8) is 0 Å². The van der Waals surface area contributed by atoms with E-state index >= 15 is 0 Å². The van der Waals surface area contributed by atoms with Gasteiger partial charge in [0.05, 0.1) is 9.77 Å². The van der Waals surface area contributed by atoms with Gasteiger partial charge in [0.2, 0.25) is 10.0 Å². The molecule has 154 valence electrons. The first-order chi connectivity index (χ1) is 12.9. The number of benzene rings is 1. The molecule has 1 atom stereocenters. The van der Waals surface area contributed by atoms with Crippen molar-refractivity contribution in [2.75, 3.05) is 18.4 Å². The van der Waals surface area contributed by atoms with Gasteiger partial charge < -0.3 is 10.6 Å². The lowest BCUT2D eigenvalue weighted by Gasteiger charge is -2.28. The summed E-state index contributed by atoms with van der Waals surface area (Å²) in [5, 5.41) is 7.97. The highest BCUT2D eigenvalue weighted by atomic mass is 35.5. The second-order valence-electron chi connectivity index (χ2n) is 6.91. The third-order valence-corrected chi connectivity index (χ3v) is 7.36. The molecule has 1 saturated heterocycles. The second-order valence-corrected chi connectivity index (χ2v) is 9.57. The normalized spacial score (nSPS) is 16.2. The van der Waals surface area contributed by atoms with E-state index in [4.69, 9.17) is 0 Å². The lowest BCUT2D eigenvalue weighted by Crippen LogP contribution is -2.42. The number of sulfonamides is 1. The van der Waals surface area contributed by atoms with Crippen LogP contribution in [0.25, 0.3) is 0 Å². The molecule has 6 nitrogen and oxygen atoms in total. The van der Waals surface area contributed by atoms with Crippen LogP contribution in [-0.4, -0.2) is 33.5 Å². The van der Waals surface area contributed by atoms with Gasteiger partial charge >= 0.3 is 0 Å². The fourth-order valence-electron chi connectivity index (χ4n) is 3.29. The van der Waals surface area contributed by atoms with Gasteiger partial charge in [0, 0.05) is 11.7 Å². The van der Waals surface area contributed by atoms with Crippen molar-refractivity contribution in [1.82, 2.24) is 10.0 Å². The fourth-order valence-corrected chi connectivity index (χ4v) is 5.30. The van der Waals surface area contributed by atoms with E-state index in [-0.39, 0.29) is 29.3 Å². The molecule has 1 fully saturated rings. The average molecular weight is 444 g/mol. The topological polar surface area (TPSA) is 87.3 Å². The van der Waals surface area contributed by atoms with Gasteiger partial charge in [-0.15, -0.1) is 23.7 Å². The van der Waals surface area contributed by atoms with Gasteiger partial charge in [-0.25, -0.2) is 13.1 Å². The number of carbonyl (C=O) groups is 1. The number of aryl methyl sites for hydroxylation is 1. The number of piperidine rings is 1. The monoisotopic (exact) mass is 443 g/mol. The standard InChI is InChI=1S/C19H25N3O3S2.ClH/c1-13-12-16(5-6-17(13)21-19(23)18-4-3-11-26-18)27(24,25)22-14(2)15-7-9-20-10-8-15;/h3-6,11-12,14-15,20,22H,7-10H2,1-2H3,(H,21,23);1H/t14-;/m1./s1. The molecule has 0 radical (unpaired) electrons. The zero-order valence-electron chi connectivity index (χ0n) is 15.9. The molecule has 1 aromatic heterocycles. The van der Waals surface area contributed by atoms with Crippen molar-refractivity contribution >= 4 is 45.4 Å². The van der Waals surface area contributed by atoms with Crippen LogP contribution in [0.3, 0.4) is 0 Å². The van der Waals surface area contributed by atoms with Crippen LogP contribution in [0.1, 0.15) is 35.0 Å². The van der Waals surface area contributed by atoms with Crippen LogP contribution < -0.4 is 15.4 Å². The molecule has 2 aromatic rings. The Labute approximate surface area is 176 Å². The Morgan fingerprint density at radius 1 is 1.25 bits per heavy atom. The summed E-state index contributed by atoms with van der Waals surface area (Å²) in [5.41, 5.74) is 1.32. The Kier molecular flexibility index (Phi) is 8.03. The number of halogens is 1. The Morgan fingerprint density at radius 2 is 1.96 bits per heavy atom. The summed E-state index contributed by atoms with van der Waals surface area (Å²) < 4.78 is 28.3. The molecule has 28 heavy (non-hydrogen) atoms. The van der Waals surface area contributed by atoms with Gasteiger partial charge in [0.25, 0.3) is 5.91 Å². The lowest BCUT2D eigenvalue weighted by atomic mass is 9.92. The van der Waals surface area contributed by atoms with E-state index in [1.807, 2.05) is 18.4 Å². The number of carbonyl (C=O) groups excluding carboxylic acids is 1. The van der Waals surface area contributed by atoms with Crippen molar-refractivity contribution in [1.29, 1.82) is 0 Å². The molecule has 3 N–H and O–H groups in total. The van der Waals surface area contributed by atoms with Crippen molar-refractivity contribution in [3.8, 4) is 0 Å². The maximum Gasteiger partial charge on any atom is 0.265 e. The van der Waals surface area contributed by atoms with Gasteiger partial charge in [-0.05, 0) is 80.9 Å². The minimum absolute atomic E-state index is 0. The molecule has 1 aliphatic rings. The van der Waals surface area contributed by atoms with Gasteiger partial charge in [-0.2, -0.15) is 0 Å². The first-order valence-electron chi connectivity index (χ1n) is 9.05. The average Bonchev–Trinajstić information content (AvgIpc) is 3.18. The van der Waals surface area contributed by atoms with E-state index < -0.39 is 10.0 Å². The van der Waals surface area contributed by atoms with Crippen LogP contribution >= 0.6 is 23.7 Å². The molecule has 0 aliphatic carbocycles. The predicted octanol–water partition coefficient (Wildman–Crippen LogP) is 3.40.